The van der Waals surface area contributed by atoms with Gasteiger partial charge in [-0.2, -0.15) is 0 Å². The first-order valence-electron chi connectivity index (χ1n) is 5.60. The van der Waals surface area contributed by atoms with Gasteiger partial charge in [0.25, 0.3) is 0 Å². The lowest BCUT2D eigenvalue weighted by atomic mass is 10.0. The van der Waals surface area contributed by atoms with Crippen LogP contribution in [-0.2, 0) is 6.42 Å². The summed E-state index contributed by atoms with van der Waals surface area (Å²) in [6.07, 6.45) is 0.939. The summed E-state index contributed by atoms with van der Waals surface area (Å²) < 4.78 is 0. The number of Topliss-reactive ketones (excluding diaryl/α,β-unsaturated/α-hetero) is 1. The number of ketones is 1. The molecule has 0 fully saturated rings. The first kappa shape index (κ1) is 10.7. The number of fused-ring (bicyclic) bond motifs is 3. The highest BCUT2D eigenvalue weighted by atomic mass is 79.9. The van der Waals surface area contributed by atoms with Crippen LogP contribution in [0, 0.1) is 0 Å². The largest absolute Gasteiger partial charge is 0.293 e. The molecule has 2 heteroatoms. The molecule has 1 nitrogen and oxygen atoms in total. The van der Waals surface area contributed by atoms with Crippen molar-refractivity contribution in [1.29, 1.82) is 0 Å². The van der Waals surface area contributed by atoms with Gasteiger partial charge in [0.05, 0.1) is 5.33 Å². The van der Waals surface area contributed by atoms with E-state index in [0.717, 1.165) is 12.0 Å². The van der Waals surface area contributed by atoms with Crippen molar-refractivity contribution >= 4 is 21.7 Å². The first-order chi connectivity index (χ1) is 8.29. The van der Waals surface area contributed by atoms with E-state index in [0.29, 0.717) is 5.33 Å². The highest BCUT2D eigenvalue weighted by molar-refractivity contribution is 9.09. The normalized spacial score (nSPS) is 12.1. The minimum Gasteiger partial charge on any atom is -0.293 e. The smallest absolute Gasteiger partial charge is 0.173 e. The maximum atomic E-state index is 11.6. The van der Waals surface area contributed by atoms with Crippen LogP contribution >= 0.6 is 15.9 Å². The molecule has 1 aliphatic rings. The van der Waals surface area contributed by atoms with Gasteiger partial charge < -0.3 is 0 Å². The number of halogens is 1. The minimum atomic E-state index is 0.142. The number of rotatable bonds is 2. The Bertz CT molecular complexity index is 602. The van der Waals surface area contributed by atoms with E-state index in [1.165, 1.54) is 22.3 Å². The number of carbonyl (C=O) groups is 1. The lowest BCUT2D eigenvalue weighted by molar-refractivity contribution is 0.102. The molecular formula is C15H11BrO. The van der Waals surface area contributed by atoms with Gasteiger partial charge in [0.15, 0.2) is 5.78 Å². The molecule has 0 spiro atoms. The molecule has 1 aliphatic carbocycles. The van der Waals surface area contributed by atoms with E-state index >= 15 is 0 Å². The topological polar surface area (TPSA) is 17.1 Å². The molecule has 0 aromatic heterocycles. The van der Waals surface area contributed by atoms with Crippen LogP contribution in [0.5, 0.6) is 0 Å². The molecule has 0 saturated heterocycles. The Kier molecular flexibility index (Phi) is 2.60. The predicted octanol–water partition coefficient (Wildman–Crippen LogP) is 3.84. The fourth-order valence-corrected chi connectivity index (χ4v) is 2.72. The highest BCUT2D eigenvalue weighted by Gasteiger charge is 2.18. The van der Waals surface area contributed by atoms with Crippen molar-refractivity contribution < 1.29 is 4.79 Å². The van der Waals surface area contributed by atoms with Gasteiger partial charge in [0, 0.05) is 5.56 Å². The Balaban J connectivity index is 2.10. The molecule has 0 aliphatic heterocycles. The Morgan fingerprint density at radius 2 is 1.82 bits per heavy atom. The van der Waals surface area contributed by atoms with Crippen LogP contribution < -0.4 is 0 Å². The Morgan fingerprint density at radius 1 is 1.06 bits per heavy atom. The van der Waals surface area contributed by atoms with Gasteiger partial charge in [-0.05, 0) is 34.7 Å². The second-order valence-corrected chi connectivity index (χ2v) is 4.82. The Morgan fingerprint density at radius 3 is 2.65 bits per heavy atom. The van der Waals surface area contributed by atoms with Gasteiger partial charge in [-0.3, -0.25) is 4.79 Å². The van der Waals surface area contributed by atoms with E-state index < -0.39 is 0 Å². The van der Waals surface area contributed by atoms with Crippen molar-refractivity contribution in [3.8, 4) is 11.1 Å². The summed E-state index contributed by atoms with van der Waals surface area (Å²) in [7, 11) is 0. The second kappa shape index (κ2) is 4.11. The number of alkyl halides is 1. The molecule has 0 bridgehead atoms. The SMILES string of the molecule is O=C(CBr)c1ccc2c(c1)Cc1ccccc1-2. The molecule has 0 unspecified atom stereocenters. The molecule has 0 saturated carbocycles. The lowest BCUT2D eigenvalue weighted by Crippen LogP contribution is -2.00. The number of hydrogen-bond donors (Lipinski definition) is 0. The first-order valence-corrected chi connectivity index (χ1v) is 6.72. The molecule has 0 amide bonds. The van der Waals surface area contributed by atoms with E-state index in [4.69, 9.17) is 0 Å². The van der Waals surface area contributed by atoms with Gasteiger partial charge in [0.2, 0.25) is 0 Å². The van der Waals surface area contributed by atoms with E-state index in [1.54, 1.807) is 0 Å². The molecular weight excluding hydrogens is 276 g/mol. The Hall–Kier alpha value is -1.41. The van der Waals surface area contributed by atoms with Crippen molar-refractivity contribution in [2.24, 2.45) is 0 Å². The molecule has 0 radical (unpaired) electrons. The van der Waals surface area contributed by atoms with E-state index in [1.807, 2.05) is 12.1 Å². The molecule has 3 rings (SSSR count). The zero-order valence-corrected chi connectivity index (χ0v) is 10.8. The monoisotopic (exact) mass is 286 g/mol. The molecule has 0 N–H and O–H groups in total. The van der Waals surface area contributed by atoms with Crippen LogP contribution in [-0.4, -0.2) is 11.1 Å². The standard InChI is InChI=1S/C15H11BrO/c16-9-15(17)11-5-6-14-12(8-11)7-10-3-1-2-4-13(10)14/h1-6,8H,7,9H2. The van der Waals surface area contributed by atoms with Crippen molar-refractivity contribution in [1.82, 2.24) is 0 Å². The number of hydrogen-bond acceptors (Lipinski definition) is 1. The van der Waals surface area contributed by atoms with Gasteiger partial charge in [0.1, 0.15) is 0 Å². The van der Waals surface area contributed by atoms with E-state index in [-0.39, 0.29) is 5.78 Å². The van der Waals surface area contributed by atoms with Crippen LogP contribution in [0.1, 0.15) is 21.5 Å². The average molecular weight is 287 g/mol. The summed E-state index contributed by atoms with van der Waals surface area (Å²) in [5, 5.41) is 0.388. The third kappa shape index (κ3) is 1.73. The van der Waals surface area contributed by atoms with Crippen LogP contribution in [0.2, 0.25) is 0 Å². The summed E-state index contributed by atoms with van der Waals surface area (Å²) in [5.41, 5.74) is 5.99. The highest BCUT2D eigenvalue weighted by Crippen LogP contribution is 2.36. The van der Waals surface area contributed by atoms with Gasteiger partial charge in [-0.25, -0.2) is 0 Å². The van der Waals surface area contributed by atoms with Gasteiger partial charge >= 0.3 is 0 Å². The maximum absolute atomic E-state index is 11.6. The molecule has 0 atom stereocenters. The molecule has 2 aromatic rings. The Labute approximate surface area is 109 Å². The maximum Gasteiger partial charge on any atom is 0.173 e. The van der Waals surface area contributed by atoms with Crippen molar-refractivity contribution in [2.45, 2.75) is 6.42 Å². The molecule has 84 valence electrons. The van der Waals surface area contributed by atoms with Crippen molar-refractivity contribution in [2.75, 3.05) is 5.33 Å². The summed E-state index contributed by atoms with van der Waals surface area (Å²) >= 11 is 3.21. The van der Waals surface area contributed by atoms with Crippen molar-refractivity contribution in [3.05, 3.63) is 59.2 Å². The van der Waals surface area contributed by atoms with Gasteiger partial charge in [-0.15, -0.1) is 0 Å². The van der Waals surface area contributed by atoms with Gasteiger partial charge in [-0.1, -0.05) is 52.3 Å². The minimum absolute atomic E-state index is 0.142. The fourth-order valence-electron chi connectivity index (χ4n) is 2.40. The number of carbonyl (C=O) groups excluding carboxylic acids is 1. The summed E-state index contributed by atoms with van der Waals surface area (Å²) in [6, 6.07) is 14.4. The fraction of sp³-hybridized carbons (Fsp3) is 0.133. The molecule has 17 heavy (non-hydrogen) atoms. The predicted molar refractivity (Wildman–Crippen MR) is 72.8 cm³/mol. The zero-order valence-electron chi connectivity index (χ0n) is 9.24. The third-order valence-electron chi connectivity index (χ3n) is 3.24. The van der Waals surface area contributed by atoms with Crippen LogP contribution in [0.4, 0.5) is 0 Å². The van der Waals surface area contributed by atoms with Crippen LogP contribution in [0.25, 0.3) is 11.1 Å². The summed E-state index contributed by atoms with van der Waals surface area (Å²) in [5.74, 6) is 0.142. The number of benzene rings is 2. The molecule has 0 heterocycles. The van der Waals surface area contributed by atoms with E-state index in [2.05, 4.69) is 46.3 Å². The quantitative estimate of drug-likeness (QED) is 0.517. The zero-order chi connectivity index (χ0) is 11.8. The lowest BCUT2D eigenvalue weighted by Gasteiger charge is -2.03. The second-order valence-electron chi connectivity index (χ2n) is 4.26. The average Bonchev–Trinajstić information content (AvgIpc) is 2.75. The molecule has 2 aromatic carbocycles. The summed E-state index contributed by atoms with van der Waals surface area (Å²) in [6.45, 7) is 0. The van der Waals surface area contributed by atoms with Crippen molar-refractivity contribution in [3.63, 3.8) is 0 Å². The van der Waals surface area contributed by atoms with E-state index in [9.17, 15) is 4.79 Å². The van der Waals surface area contributed by atoms with Crippen LogP contribution in [0.15, 0.2) is 42.5 Å². The van der Waals surface area contributed by atoms with Crippen LogP contribution in [0.3, 0.4) is 0 Å². The summed E-state index contributed by atoms with van der Waals surface area (Å²) in [4.78, 5) is 11.6. The third-order valence-corrected chi connectivity index (χ3v) is 3.75.